The van der Waals surface area contributed by atoms with E-state index in [-0.39, 0.29) is 11.1 Å². The summed E-state index contributed by atoms with van der Waals surface area (Å²) >= 11 is 7.16. The Bertz CT molecular complexity index is 914. The molecule has 0 saturated carbocycles. The van der Waals surface area contributed by atoms with Gasteiger partial charge in [-0.05, 0) is 74.9 Å². The molecule has 1 fully saturated rings. The second-order valence-corrected chi connectivity index (χ2v) is 7.45. The fourth-order valence-corrected chi connectivity index (χ4v) is 4.10. The molecule has 1 aliphatic heterocycles. The summed E-state index contributed by atoms with van der Waals surface area (Å²) in [6, 6.07) is 7.82. The van der Waals surface area contributed by atoms with Crippen molar-refractivity contribution < 1.29 is 9.59 Å². The van der Waals surface area contributed by atoms with Crippen molar-refractivity contribution in [3.8, 4) is 5.69 Å². The van der Waals surface area contributed by atoms with E-state index in [1.807, 2.05) is 45.0 Å². The predicted molar refractivity (Wildman–Crippen MR) is 103 cm³/mol. The molecule has 3 rings (SSSR count). The Labute approximate surface area is 156 Å². The molecule has 2 aromatic rings. The van der Waals surface area contributed by atoms with Gasteiger partial charge in [0.1, 0.15) is 0 Å². The second-order valence-electron chi connectivity index (χ2n) is 6.02. The van der Waals surface area contributed by atoms with E-state index in [2.05, 4.69) is 4.57 Å². The number of thioether (sulfide) groups is 1. The molecule has 2 heterocycles. The van der Waals surface area contributed by atoms with E-state index in [0.29, 0.717) is 16.5 Å². The predicted octanol–water partition coefficient (Wildman–Crippen LogP) is 5.11. The van der Waals surface area contributed by atoms with Gasteiger partial charge in [-0.25, -0.2) is 0 Å². The number of hydrogen-bond donors (Lipinski definition) is 0. The Hall–Kier alpha value is -1.98. The van der Waals surface area contributed by atoms with Gasteiger partial charge in [-0.3, -0.25) is 14.5 Å². The molecule has 1 aliphatic rings. The van der Waals surface area contributed by atoms with Gasteiger partial charge in [0.15, 0.2) is 0 Å². The molecular formula is C19H19ClN2O2S. The zero-order valence-electron chi connectivity index (χ0n) is 14.6. The number of benzene rings is 1. The van der Waals surface area contributed by atoms with E-state index >= 15 is 0 Å². The molecule has 0 N–H and O–H groups in total. The van der Waals surface area contributed by atoms with Crippen LogP contribution in [0.4, 0.5) is 4.79 Å². The fourth-order valence-electron chi connectivity index (χ4n) is 3.04. The molecular weight excluding hydrogens is 356 g/mol. The standard InChI is InChI=1S/C19H19ClN2O2S/c1-5-21-18(23)17(25-19(21)24)9-14-8-12(3)22(13(14)4)16-10-15(20)7-6-11(16)2/h6-10H,5H2,1-4H3/b17-9+. The van der Waals surface area contributed by atoms with Crippen molar-refractivity contribution >= 4 is 40.6 Å². The molecule has 4 nitrogen and oxygen atoms in total. The van der Waals surface area contributed by atoms with Gasteiger partial charge in [-0.1, -0.05) is 17.7 Å². The Morgan fingerprint density at radius 3 is 2.52 bits per heavy atom. The minimum absolute atomic E-state index is 0.210. The average molecular weight is 375 g/mol. The number of hydrogen-bond acceptors (Lipinski definition) is 3. The maximum Gasteiger partial charge on any atom is 0.293 e. The van der Waals surface area contributed by atoms with Crippen molar-refractivity contribution in [2.75, 3.05) is 6.54 Å². The van der Waals surface area contributed by atoms with Gasteiger partial charge in [0.25, 0.3) is 11.1 Å². The number of nitrogens with zero attached hydrogens (tertiary/aromatic N) is 2. The summed E-state index contributed by atoms with van der Waals surface area (Å²) in [5.41, 5.74) is 5.11. The summed E-state index contributed by atoms with van der Waals surface area (Å²) in [4.78, 5) is 25.9. The highest BCUT2D eigenvalue weighted by molar-refractivity contribution is 8.18. The quantitative estimate of drug-likeness (QED) is 0.701. The number of amides is 2. The van der Waals surface area contributed by atoms with E-state index in [1.165, 1.54) is 4.90 Å². The van der Waals surface area contributed by atoms with Gasteiger partial charge in [0.2, 0.25) is 0 Å². The number of carbonyl (C=O) groups excluding carboxylic acids is 2. The molecule has 25 heavy (non-hydrogen) atoms. The van der Waals surface area contributed by atoms with Crippen LogP contribution >= 0.6 is 23.4 Å². The van der Waals surface area contributed by atoms with Crippen molar-refractivity contribution in [3.05, 3.63) is 56.7 Å². The normalized spacial score (nSPS) is 16.4. The lowest BCUT2D eigenvalue weighted by molar-refractivity contribution is -0.122. The summed E-state index contributed by atoms with van der Waals surface area (Å²) in [6.45, 7) is 8.25. The molecule has 130 valence electrons. The first-order chi connectivity index (χ1) is 11.8. The van der Waals surface area contributed by atoms with Crippen LogP contribution < -0.4 is 0 Å². The molecule has 0 unspecified atom stereocenters. The third-order valence-electron chi connectivity index (χ3n) is 4.36. The zero-order chi connectivity index (χ0) is 18.3. The Morgan fingerprint density at radius 1 is 1.16 bits per heavy atom. The number of imide groups is 1. The molecule has 0 bridgehead atoms. The van der Waals surface area contributed by atoms with Crippen molar-refractivity contribution in [2.24, 2.45) is 0 Å². The van der Waals surface area contributed by atoms with Gasteiger partial charge in [0.05, 0.1) is 4.91 Å². The first-order valence-electron chi connectivity index (χ1n) is 8.04. The lowest BCUT2D eigenvalue weighted by Gasteiger charge is -2.13. The van der Waals surface area contributed by atoms with Crippen molar-refractivity contribution in [3.63, 3.8) is 0 Å². The lowest BCUT2D eigenvalue weighted by atomic mass is 10.2. The first-order valence-corrected chi connectivity index (χ1v) is 9.23. The van der Waals surface area contributed by atoms with Gasteiger partial charge in [-0.2, -0.15) is 0 Å². The van der Waals surface area contributed by atoms with Crippen LogP contribution in [0.1, 0.15) is 29.4 Å². The van der Waals surface area contributed by atoms with Gasteiger partial charge < -0.3 is 4.57 Å². The van der Waals surface area contributed by atoms with Crippen LogP contribution in [-0.2, 0) is 4.79 Å². The minimum Gasteiger partial charge on any atom is -0.318 e. The number of aryl methyl sites for hydroxylation is 2. The van der Waals surface area contributed by atoms with Crippen LogP contribution in [0.2, 0.25) is 5.02 Å². The molecule has 1 aromatic heterocycles. The molecule has 0 aliphatic carbocycles. The topological polar surface area (TPSA) is 42.3 Å². The van der Waals surface area contributed by atoms with Crippen LogP contribution in [0, 0.1) is 20.8 Å². The van der Waals surface area contributed by atoms with E-state index in [1.54, 1.807) is 13.0 Å². The number of carbonyl (C=O) groups is 2. The van der Waals surface area contributed by atoms with Gasteiger partial charge in [-0.15, -0.1) is 0 Å². The second kappa shape index (κ2) is 6.73. The van der Waals surface area contributed by atoms with Crippen molar-refractivity contribution in [1.29, 1.82) is 0 Å². The van der Waals surface area contributed by atoms with Crippen molar-refractivity contribution in [1.82, 2.24) is 9.47 Å². The van der Waals surface area contributed by atoms with E-state index in [4.69, 9.17) is 11.6 Å². The number of halogens is 1. The number of aromatic nitrogens is 1. The monoisotopic (exact) mass is 374 g/mol. The Balaban J connectivity index is 2.07. The lowest BCUT2D eigenvalue weighted by Crippen LogP contribution is -2.27. The highest BCUT2D eigenvalue weighted by Gasteiger charge is 2.33. The summed E-state index contributed by atoms with van der Waals surface area (Å²) in [6.07, 6.45) is 1.80. The molecule has 0 spiro atoms. The molecule has 0 atom stereocenters. The SMILES string of the molecule is CCN1C(=O)S/C(=C/c2cc(C)n(-c3cc(Cl)ccc3C)c2C)C1=O. The summed E-state index contributed by atoms with van der Waals surface area (Å²) in [5.74, 6) is -0.221. The highest BCUT2D eigenvalue weighted by atomic mass is 35.5. The highest BCUT2D eigenvalue weighted by Crippen LogP contribution is 2.34. The average Bonchev–Trinajstić information content (AvgIpc) is 2.98. The third kappa shape index (κ3) is 3.14. The molecule has 1 aromatic carbocycles. The van der Waals surface area contributed by atoms with E-state index in [0.717, 1.165) is 40.0 Å². The Kier molecular flexibility index (Phi) is 4.80. The minimum atomic E-state index is -0.221. The zero-order valence-corrected chi connectivity index (χ0v) is 16.2. The molecule has 2 amide bonds. The number of likely N-dealkylation sites (N-methyl/N-ethyl adjacent to an activating group) is 1. The summed E-state index contributed by atoms with van der Waals surface area (Å²) in [7, 11) is 0. The first kappa shape index (κ1) is 17.8. The third-order valence-corrected chi connectivity index (χ3v) is 5.50. The number of rotatable bonds is 3. The van der Waals surface area contributed by atoms with Crippen LogP contribution in [0.3, 0.4) is 0 Å². The van der Waals surface area contributed by atoms with E-state index in [9.17, 15) is 9.59 Å². The van der Waals surface area contributed by atoms with Crippen LogP contribution in [0.15, 0.2) is 29.2 Å². The van der Waals surface area contributed by atoms with Crippen LogP contribution in [0.25, 0.3) is 11.8 Å². The summed E-state index contributed by atoms with van der Waals surface area (Å²) < 4.78 is 2.12. The maximum atomic E-state index is 12.3. The van der Waals surface area contributed by atoms with Crippen LogP contribution in [-0.4, -0.2) is 27.2 Å². The molecule has 0 radical (unpaired) electrons. The van der Waals surface area contributed by atoms with E-state index < -0.39 is 0 Å². The van der Waals surface area contributed by atoms with Gasteiger partial charge in [0, 0.05) is 28.6 Å². The summed E-state index contributed by atoms with van der Waals surface area (Å²) in [5, 5.41) is 0.469. The Morgan fingerprint density at radius 2 is 1.88 bits per heavy atom. The van der Waals surface area contributed by atoms with Crippen LogP contribution in [0.5, 0.6) is 0 Å². The molecule has 6 heteroatoms. The largest absolute Gasteiger partial charge is 0.318 e. The smallest absolute Gasteiger partial charge is 0.293 e. The fraction of sp³-hybridized carbons (Fsp3) is 0.263. The maximum absolute atomic E-state index is 12.3. The van der Waals surface area contributed by atoms with Crippen molar-refractivity contribution in [2.45, 2.75) is 27.7 Å². The molecule has 1 saturated heterocycles. The van der Waals surface area contributed by atoms with Gasteiger partial charge >= 0.3 is 0 Å².